The summed E-state index contributed by atoms with van der Waals surface area (Å²) in [5.41, 5.74) is 3.85. The van der Waals surface area contributed by atoms with Gasteiger partial charge >= 0.3 is 0 Å². The van der Waals surface area contributed by atoms with E-state index in [2.05, 4.69) is 35.4 Å². The van der Waals surface area contributed by atoms with Gasteiger partial charge in [-0.15, -0.1) is 0 Å². The minimum atomic E-state index is -0.172. The standard InChI is InChI=1S/C27H37N3O3/c1-26-11-7-20(30-33-17-25(32)29-16-18-9-13-28-14-10-18)15-19(26)3-4-21-22-5-6-24(31)27(22,2)12-8-23(21)26/h9-10,13-15,21-24,31H,3-8,11-12,16-17H2,1-2H3,(H,29,32). The highest BCUT2D eigenvalue weighted by molar-refractivity contribution is 5.96. The first kappa shape index (κ1) is 22.6. The average Bonchev–Trinajstić information content (AvgIpc) is 3.13. The third kappa shape index (κ3) is 4.11. The van der Waals surface area contributed by atoms with Crippen molar-refractivity contribution >= 4 is 11.6 Å². The molecule has 0 bridgehead atoms. The van der Waals surface area contributed by atoms with Gasteiger partial charge in [0.2, 0.25) is 0 Å². The molecule has 3 fully saturated rings. The van der Waals surface area contributed by atoms with E-state index in [-0.39, 0.29) is 29.4 Å². The van der Waals surface area contributed by atoms with E-state index in [1.54, 1.807) is 12.4 Å². The van der Waals surface area contributed by atoms with Crippen molar-refractivity contribution in [1.29, 1.82) is 0 Å². The number of carbonyl (C=O) groups is 1. The first-order valence-corrected chi connectivity index (χ1v) is 12.6. The average molecular weight is 452 g/mol. The monoisotopic (exact) mass is 451 g/mol. The molecule has 178 valence electrons. The Labute approximate surface area is 196 Å². The van der Waals surface area contributed by atoms with E-state index in [0.717, 1.165) is 49.3 Å². The van der Waals surface area contributed by atoms with Gasteiger partial charge in [-0.3, -0.25) is 9.78 Å². The van der Waals surface area contributed by atoms with Crippen LogP contribution in [0, 0.1) is 28.6 Å². The number of carbonyl (C=O) groups excluding carboxylic acids is 1. The second-order valence-corrected chi connectivity index (χ2v) is 11.1. The molecule has 0 aromatic carbocycles. The fourth-order valence-electron chi connectivity index (χ4n) is 7.54. The van der Waals surface area contributed by atoms with Crippen LogP contribution < -0.4 is 5.32 Å². The zero-order valence-electron chi connectivity index (χ0n) is 19.9. The van der Waals surface area contributed by atoms with Crippen molar-refractivity contribution < 1.29 is 14.7 Å². The molecular formula is C27H37N3O3. The van der Waals surface area contributed by atoms with Crippen LogP contribution in [0.5, 0.6) is 0 Å². The molecule has 33 heavy (non-hydrogen) atoms. The minimum Gasteiger partial charge on any atom is -0.393 e. The van der Waals surface area contributed by atoms with Crippen LogP contribution in [0.4, 0.5) is 0 Å². The van der Waals surface area contributed by atoms with E-state index in [1.165, 1.54) is 24.8 Å². The third-order valence-corrected chi connectivity index (χ3v) is 9.54. The second kappa shape index (κ2) is 8.86. The van der Waals surface area contributed by atoms with E-state index in [4.69, 9.17) is 4.84 Å². The molecule has 4 aliphatic carbocycles. The molecule has 6 heteroatoms. The van der Waals surface area contributed by atoms with Gasteiger partial charge < -0.3 is 15.3 Å². The van der Waals surface area contributed by atoms with Crippen LogP contribution >= 0.6 is 0 Å². The van der Waals surface area contributed by atoms with Gasteiger partial charge in [0.1, 0.15) is 0 Å². The molecule has 6 atom stereocenters. The lowest BCUT2D eigenvalue weighted by atomic mass is 9.47. The summed E-state index contributed by atoms with van der Waals surface area (Å²) in [5, 5.41) is 17.8. The van der Waals surface area contributed by atoms with Gasteiger partial charge in [-0.25, -0.2) is 0 Å². The Morgan fingerprint density at radius 3 is 2.79 bits per heavy atom. The molecular weight excluding hydrogens is 414 g/mol. The molecule has 1 amide bonds. The lowest BCUT2D eigenvalue weighted by Crippen LogP contribution is -2.51. The molecule has 3 saturated carbocycles. The molecule has 6 nitrogen and oxygen atoms in total. The number of hydrogen-bond donors (Lipinski definition) is 2. The normalized spacial score (nSPS) is 38.6. The summed E-state index contributed by atoms with van der Waals surface area (Å²) in [6, 6.07) is 3.76. The van der Waals surface area contributed by atoms with Gasteiger partial charge in [0.05, 0.1) is 11.8 Å². The molecule has 2 N–H and O–H groups in total. The van der Waals surface area contributed by atoms with Crippen LogP contribution in [0.3, 0.4) is 0 Å². The fourth-order valence-corrected chi connectivity index (χ4v) is 7.54. The summed E-state index contributed by atoms with van der Waals surface area (Å²) in [5.74, 6) is 1.95. The van der Waals surface area contributed by atoms with Crippen molar-refractivity contribution in [3.8, 4) is 0 Å². The minimum absolute atomic E-state index is 0.0671. The summed E-state index contributed by atoms with van der Waals surface area (Å²) in [7, 11) is 0. The van der Waals surface area contributed by atoms with Crippen LogP contribution in [-0.4, -0.2) is 34.4 Å². The van der Waals surface area contributed by atoms with Crippen molar-refractivity contribution in [3.05, 3.63) is 41.7 Å². The number of aliphatic hydroxyl groups is 1. The Kier molecular flexibility index (Phi) is 6.06. The van der Waals surface area contributed by atoms with Gasteiger partial charge in [-0.2, -0.15) is 0 Å². The Hall–Kier alpha value is -2.21. The van der Waals surface area contributed by atoms with Crippen molar-refractivity contribution in [3.63, 3.8) is 0 Å². The van der Waals surface area contributed by atoms with Crippen molar-refractivity contribution in [2.24, 2.45) is 33.7 Å². The molecule has 0 saturated heterocycles. The number of hydrogen-bond acceptors (Lipinski definition) is 5. The molecule has 1 aromatic heterocycles. The number of pyridine rings is 1. The van der Waals surface area contributed by atoms with Crippen molar-refractivity contribution in [2.75, 3.05) is 6.61 Å². The van der Waals surface area contributed by atoms with E-state index in [1.807, 2.05) is 12.1 Å². The first-order chi connectivity index (χ1) is 15.9. The number of fused-ring (bicyclic) bond motifs is 5. The molecule has 0 spiro atoms. The number of rotatable bonds is 5. The SMILES string of the molecule is CC12CCC(=NOCC(=O)NCc3ccncc3)C=C1CCC1C2CCC2(C)C(O)CCC12. The number of nitrogens with one attached hydrogen (secondary N) is 1. The Morgan fingerprint density at radius 2 is 1.97 bits per heavy atom. The Balaban J connectivity index is 1.19. The van der Waals surface area contributed by atoms with Crippen LogP contribution in [0.15, 0.2) is 41.3 Å². The number of oxime groups is 1. The molecule has 4 aliphatic rings. The molecule has 6 unspecified atom stereocenters. The Morgan fingerprint density at radius 1 is 1.15 bits per heavy atom. The van der Waals surface area contributed by atoms with Gasteiger partial charge in [0.25, 0.3) is 5.91 Å². The number of allylic oxidation sites excluding steroid dienone is 2. The van der Waals surface area contributed by atoms with E-state index in [9.17, 15) is 9.90 Å². The summed E-state index contributed by atoms with van der Waals surface area (Å²) < 4.78 is 0. The number of aromatic nitrogens is 1. The van der Waals surface area contributed by atoms with Gasteiger partial charge in [0.15, 0.2) is 6.61 Å². The highest BCUT2D eigenvalue weighted by Gasteiger charge is 2.58. The summed E-state index contributed by atoms with van der Waals surface area (Å²) >= 11 is 0. The van der Waals surface area contributed by atoms with Crippen LogP contribution in [0.2, 0.25) is 0 Å². The molecule has 1 aromatic rings. The summed E-state index contributed by atoms with van der Waals surface area (Å²) in [6.45, 7) is 5.20. The van der Waals surface area contributed by atoms with E-state index in [0.29, 0.717) is 18.4 Å². The predicted octanol–water partition coefficient (Wildman–Crippen LogP) is 4.39. The zero-order chi connectivity index (χ0) is 23.1. The van der Waals surface area contributed by atoms with Crippen LogP contribution in [0.25, 0.3) is 0 Å². The molecule has 1 heterocycles. The summed E-state index contributed by atoms with van der Waals surface area (Å²) in [6.07, 6.45) is 14.5. The zero-order valence-corrected chi connectivity index (χ0v) is 19.9. The van der Waals surface area contributed by atoms with Crippen LogP contribution in [-0.2, 0) is 16.2 Å². The van der Waals surface area contributed by atoms with Crippen molar-refractivity contribution in [2.45, 2.75) is 77.9 Å². The van der Waals surface area contributed by atoms with Crippen LogP contribution in [0.1, 0.15) is 70.8 Å². The molecule has 5 rings (SSSR count). The fraction of sp³-hybridized carbons (Fsp3) is 0.667. The van der Waals surface area contributed by atoms with E-state index >= 15 is 0 Å². The third-order valence-electron chi connectivity index (χ3n) is 9.54. The highest BCUT2D eigenvalue weighted by Crippen LogP contribution is 2.65. The molecule has 0 aliphatic heterocycles. The number of nitrogens with zero attached hydrogens (tertiary/aromatic N) is 2. The van der Waals surface area contributed by atoms with Gasteiger partial charge in [-0.1, -0.05) is 24.6 Å². The number of aliphatic hydroxyl groups excluding tert-OH is 1. The lowest BCUT2D eigenvalue weighted by Gasteiger charge is -2.57. The van der Waals surface area contributed by atoms with Crippen molar-refractivity contribution in [1.82, 2.24) is 10.3 Å². The highest BCUT2D eigenvalue weighted by atomic mass is 16.6. The maximum Gasteiger partial charge on any atom is 0.261 e. The first-order valence-electron chi connectivity index (χ1n) is 12.6. The molecule has 0 radical (unpaired) electrons. The number of amides is 1. The van der Waals surface area contributed by atoms with Gasteiger partial charge in [0, 0.05) is 18.9 Å². The van der Waals surface area contributed by atoms with E-state index < -0.39 is 0 Å². The Bertz CT molecular complexity index is 945. The maximum absolute atomic E-state index is 12.1. The topological polar surface area (TPSA) is 83.8 Å². The summed E-state index contributed by atoms with van der Waals surface area (Å²) in [4.78, 5) is 21.5. The smallest absolute Gasteiger partial charge is 0.261 e. The quantitative estimate of drug-likeness (QED) is 0.650. The lowest BCUT2D eigenvalue weighted by molar-refractivity contribution is -0.125. The second-order valence-electron chi connectivity index (χ2n) is 11.1. The maximum atomic E-state index is 12.1. The van der Waals surface area contributed by atoms with Gasteiger partial charge in [-0.05, 0) is 104 Å². The largest absolute Gasteiger partial charge is 0.393 e. The predicted molar refractivity (Wildman–Crippen MR) is 127 cm³/mol.